The van der Waals surface area contributed by atoms with E-state index in [2.05, 4.69) is 45.1 Å². The molecule has 0 bridgehead atoms. The molecule has 0 fully saturated rings. The predicted molar refractivity (Wildman–Crippen MR) is 86.5 cm³/mol. The smallest absolute Gasteiger partial charge is 0.235 e. The number of fused-ring (bicyclic) bond motifs is 1. The Kier molecular flexibility index (Phi) is 4.08. The molecule has 3 nitrogen and oxygen atoms in total. The topological polar surface area (TPSA) is 46.3 Å². The summed E-state index contributed by atoms with van der Waals surface area (Å²) in [5, 5.41) is 0. The molecule has 3 rings (SSSR count). The van der Waals surface area contributed by atoms with Gasteiger partial charge < -0.3 is 5.73 Å². The molecule has 2 N–H and O–H groups in total. The summed E-state index contributed by atoms with van der Waals surface area (Å²) in [6, 6.07) is 16.2. The van der Waals surface area contributed by atoms with Crippen molar-refractivity contribution < 1.29 is 4.79 Å². The highest BCUT2D eigenvalue weighted by Gasteiger charge is 2.29. The Morgan fingerprint density at radius 1 is 1.14 bits per heavy atom. The zero-order valence-electron chi connectivity index (χ0n) is 11.6. The van der Waals surface area contributed by atoms with Crippen LogP contribution in [0.5, 0.6) is 0 Å². The fourth-order valence-corrected chi connectivity index (χ4v) is 3.11. The second-order valence-electron chi connectivity index (χ2n) is 5.42. The molecule has 0 saturated heterocycles. The zero-order valence-corrected chi connectivity index (χ0v) is 13.2. The molecular formula is C17H17BrN2O. The van der Waals surface area contributed by atoms with Gasteiger partial charge in [0.05, 0.1) is 6.04 Å². The van der Waals surface area contributed by atoms with Crippen molar-refractivity contribution in [2.75, 3.05) is 0 Å². The third-order valence-electron chi connectivity index (χ3n) is 3.97. The van der Waals surface area contributed by atoms with E-state index >= 15 is 0 Å². The average Bonchev–Trinajstić information content (AvgIpc) is 2.48. The number of nitrogens with zero attached hydrogens (tertiary/aromatic N) is 1. The standard InChI is InChI=1S/C17H17BrN2O/c18-15-7-5-12(6-8-15)10-20-11-14-4-2-1-3-13(14)9-16(20)17(19)21/h1-8,16H,9-11H2,(H2,19,21)/t16-/m0/s1. The molecule has 1 atom stereocenters. The summed E-state index contributed by atoms with van der Waals surface area (Å²) in [5.41, 5.74) is 9.30. The van der Waals surface area contributed by atoms with Crippen molar-refractivity contribution >= 4 is 21.8 Å². The van der Waals surface area contributed by atoms with Gasteiger partial charge in [-0.25, -0.2) is 0 Å². The molecule has 0 aromatic heterocycles. The number of carbonyl (C=O) groups is 1. The highest BCUT2D eigenvalue weighted by atomic mass is 79.9. The Bertz CT molecular complexity index is 654. The molecule has 2 aromatic rings. The van der Waals surface area contributed by atoms with Gasteiger partial charge in [-0.05, 0) is 35.2 Å². The summed E-state index contributed by atoms with van der Waals surface area (Å²) >= 11 is 3.44. The summed E-state index contributed by atoms with van der Waals surface area (Å²) in [4.78, 5) is 14.0. The Morgan fingerprint density at radius 3 is 2.48 bits per heavy atom. The van der Waals surface area contributed by atoms with Crippen molar-refractivity contribution in [3.63, 3.8) is 0 Å². The number of carbonyl (C=O) groups excluding carboxylic acids is 1. The minimum absolute atomic E-state index is 0.233. The van der Waals surface area contributed by atoms with Crippen LogP contribution in [0, 0.1) is 0 Å². The third kappa shape index (κ3) is 3.17. The van der Waals surface area contributed by atoms with Crippen LogP contribution >= 0.6 is 15.9 Å². The Morgan fingerprint density at radius 2 is 1.81 bits per heavy atom. The van der Waals surface area contributed by atoms with Gasteiger partial charge in [0.15, 0.2) is 0 Å². The van der Waals surface area contributed by atoms with Gasteiger partial charge in [-0.15, -0.1) is 0 Å². The second-order valence-corrected chi connectivity index (χ2v) is 6.34. The first kappa shape index (κ1) is 14.3. The van der Waals surface area contributed by atoms with Crippen LogP contribution in [0.4, 0.5) is 0 Å². The van der Waals surface area contributed by atoms with Gasteiger partial charge in [0.2, 0.25) is 5.91 Å². The maximum Gasteiger partial charge on any atom is 0.235 e. The number of rotatable bonds is 3. The lowest BCUT2D eigenvalue weighted by molar-refractivity contribution is -0.124. The first-order valence-corrected chi connectivity index (χ1v) is 7.77. The highest BCUT2D eigenvalue weighted by Crippen LogP contribution is 2.25. The molecular weight excluding hydrogens is 328 g/mol. The normalized spacial score (nSPS) is 18.2. The van der Waals surface area contributed by atoms with Crippen LogP contribution in [0.3, 0.4) is 0 Å². The van der Waals surface area contributed by atoms with Gasteiger partial charge in [0.25, 0.3) is 0 Å². The monoisotopic (exact) mass is 344 g/mol. The molecule has 108 valence electrons. The molecule has 1 aliphatic rings. The van der Waals surface area contributed by atoms with E-state index in [0.717, 1.165) is 17.6 Å². The number of primary amides is 1. The lowest BCUT2D eigenvalue weighted by Gasteiger charge is -2.35. The largest absolute Gasteiger partial charge is 0.368 e. The summed E-state index contributed by atoms with van der Waals surface area (Å²) in [5.74, 6) is -0.249. The molecule has 1 heterocycles. The van der Waals surface area contributed by atoms with Gasteiger partial charge in [0, 0.05) is 17.6 Å². The minimum Gasteiger partial charge on any atom is -0.368 e. The first-order valence-electron chi connectivity index (χ1n) is 6.98. The quantitative estimate of drug-likeness (QED) is 0.930. The average molecular weight is 345 g/mol. The van der Waals surface area contributed by atoms with Crippen molar-refractivity contribution in [3.05, 3.63) is 69.7 Å². The van der Waals surface area contributed by atoms with Crippen molar-refractivity contribution in [1.82, 2.24) is 4.90 Å². The third-order valence-corrected chi connectivity index (χ3v) is 4.50. The maximum absolute atomic E-state index is 11.8. The van der Waals surface area contributed by atoms with E-state index in [9.17, 15) is 4.79 Å². The molecule has 4 heteroatoms. The van der Waals surface area contributed by atoms with E-state index in [1.807, 2.05) is 24.3 Å². The number of hydrogen-bond donors (Lipinski definition) is 1. The van der Waals surface area contributed by atoms with Crippen molar-refractivity contribution in [3.8, 4) is 0 Å². The number of amides is 1. The van der Waals surface area contributed by atoms with Crippen LogP contribution < -0.4 is 5.73 Å². The van der Waals surface area contributed by atoms with E-state index in [1.54, 1.807) is 0 Å². The van der Waals surface area contributed by atoms with Gasteiger partial charge in [-0.2, -0.15) is 0 Å². The van der Waals surface area contributed by atoms with E-state index in [1.165, 1.54) is 16.7 Å². The van der Waals surface area contributed by atoms with Crippen LogP contribution in [0.15, 0.2) is 53.0 Å². The number of halogens is 1. The van der Waals surface area contributed by atoms with E-state index in [0.29, 0.717) is 6.42 Å². The van der Waals surface area contributed by atoms with E-state index in [4.69, 9.17) is 5.73 Å². The Hall–Kier alpha value is -1.65. The predicted octanol–water partition coefficient (Wildman–Crippen LogP) is 2.86. The lowest BCUT2D eigenvalue weighted by Crippen LogP contribution is -2.48. The summed E-state index contributed by atoms with van der Waals surface area (Å²) < 4.78 is 1.06. The molecule has 1 amide bonds. The van der Waals surface area contributed by atoms with Gasteiger partial charge in [-0.3, -0.25) is 9.69 Å². The summed E-state index contributed by atoms with van der Waals surface area (Å²) in [6.07, 6.45) is 0.696. The van der Waals surface area contributed by atoms with Crippen molar-refractivity contribution in [2.45, 2.75) is 25.6 Å². The molecule has 0 saturated carbocycles. The van der Waals surface area contributed by atoms with Crippen molar-refractivity contribution in [2.24, 2.45) is 5.73 Å². The van der Waals surface area contributed by atoms with E-state index in [-0.39, 0.29) is 11.9 Å². The zero-order chi connectivity index (χ0) is 14.8. The molecule has 0 spiro atoms. The molecule has 1 aliphatic heterocycles. The van der Waals surface area contributed by atoms with Crippen LogP contribution in [0.1, 0.15) is 16.7 Å². The van der Waals surface area contributed by atoms with Gasteiger partial charge in [-0.1, -0.05) is 52.3 Å². The Balaban J connectivity index is 1.85. The van der Waals surface area contributed by atoms with Crippen LogP contribution in [-0.4, -0.2) is 16.8 Å². The Labute approximate surface area is 132 Å². The summed E-state index contributed by atoms with van der Waals surface area (Å²) in [6.45, 7) is 1.50. The number of nitrogens with two attached hydrogens (primary N) is 1. The SMILES string of the molecule is NC(=O)[C@@H]1Cc2ccccc2CN1Cc1ccc(Br)cc1. The van der Waals surface area contributed by atoms with E-state index < -0.39 is 0 Å². The van der Waals surface area contributed by atoms with Gasteiger partial charge >= 0.3 is 0 Å². The van der Waals surface area contributed by atoms with Crippen LogP contribution in [0.25, 0.3) is 0 Å². The number of hydrogen-bond acceptors (Lipinski definition) is 2. The maximum atomic E-state index is 11.8. The lowest BCUT2D eigenvalue weighted by atomic mass is 9.93. The molecule has 0 radical (unpaired) electrons. The molecule has 21 heavy (non-hydrogen) atoms. The fourth-order valence-electron chi connectivity index (χ4n) is 2.85. The van der Waals surface area contributed by atoms with Gasteiger partial charge in [0.1, 0.15) is 0 Å². The second kappa shape index (κ2) is 6.00. The summed E-state index contributed by atoms with van der Waals surface area (Å²) in [7, 11) is 0. The highest BCUT2D eigenvalue weighted by molar-refractivity contribution is 9.10. The van der Waals surface area contributed by atoms with Crippen LogP contribution in [0.2, 0.25) is 0 Å². The van der Waals surface area contributed by atoms with Crippen LogP contribution in [-0.2, 0) is 24.3 Å². The number of benzene rings is 2. The van der Waals surface area contributed by atoms with Crippen molar-refractivity contribution in [1.29, 1.82) is 0 Å². The first-order chi connectivity index (χ1) is 10.1. The molecule has 2 aromatic carbocycles. The fraction of sp³-hybridized carbons (Fsp3) is 0.235. The minimum atomic E-state index is -0.249. The molecule has 0 aliphatic carbocycles. The molecule has 0 unspecified atom stereocenters.